The Balaban J connectivity index is 1.42. The molecule has 0 spiro atoms. The summed E-state index contributed by atoms with van der Waals surface area (Å²) >= 11 is 6.09. The molecule has 3 aromatic rings. The Bertz CT molecular complexity index is 903. The van der Waals surface area contributed by atoms with Gasteiger partial charge in [-0.15, -0.1) is 0 Å². The average Bonchev–Trinajstić information content (AvgIpc) is 3.23. The first kappa shape index (κ1) is 18.9. The molecule has 2 aromatic heterocycles. The van der Waals surface area contributed by atoms with Crippen molar-refractivity contribution in [3.63, 3.8) is 0 Å². The van der Waals surface area contributed by atoms with Gasteiger partial charge in [0.05, 0.1) is 18.5 Å². The van der Waals surface area contributed by atoms with Crippen molar-refractivity contribution in [2.24, 2.45) is 0 Å². The van der Waals surface area contributed by atoms with Gasteiger partial charge in [0, 0.05) is 62.2 Å². The van der Waals surface area contributed by atoms with Gasteiger partial charge < -0.3 is 14.6 Å². The van der Waals surface area contributed by atoms with Crippen LogP contribution in [0.5, 0.6) is 0 Å². The maximum Gasteiger partial charge on any atom is 0.139 e. The zero-order chi connectivity index (χ0) is 19.3. The number of rotatable bonds is 6. The number of nitrogens with one attached hydrogen (secondary N) is 1. The Hall–Kier alpha value is -2.41. The zero-order valence-corrected chi connectivity index (χ0v) is 16.7. The van der Waals surface area contributed by atoms with Gasteiger partial charge in [-0.05, 0) is 24.3 Å². The summed E-state index contributed by atoms with van der Waals surface area (Å²) in [6.45, 7) is 5.81. The Morgan fingerprint density at radius 2 is 1.89 bits per heavy atom. The first-order chi connectivity index (χ1) is 13.7. The molecule has 1 aliphatic rings. The number of anilines is 1. The molecular weight excluding hydrogens is 374 g/mol. The molecule has 7 heteroatoms. The fraction of sp³-hybridized carbons (Fsp3) is 0.333. The van der Waals surface area contributed by atoms with E-state index >= 15 is 0 Å². The van der Waals surface area contributed by atoms with E-state index in [0.29, 0.717) is 5.02 Å². The van der Waals surface area contributed by atoms with E-state index in [1.165, 1.54) is 0 Å². The van der Waals surface area contributed by atoms with E-state index in [1.807, 2.05) is 36.7 Å². The molecule has 1 fully saturated rings. The second-order valence-electron chi connectivity index (χ2n) is 6.88. The first-order valence-corrected chi connectivity index (χ1v) is 9.84. The smallest absolute Gasteiger partial charge is 0.139 e. The molecule has 6 nitrogen and oxygen atoms in total. The highest BCUT2D eigenvalue weighted by molar-refractivity contribution is 6.30. The summed E-state index contributed by atoms with van der Waals surface area (Å²) in [6.07, 6.45) is 3.71. The lowest BCUT2D eigenvalue weighted by Crippen LogP contribution is -2.47. The van der Waals surface area contributed by atoms with Gasteiger partial charge in [0.2, 0.25) is 0 Å². The molecule has 1 aromatic carbocycles. The Kier molecular flexibility index (Phi) is 5.90. The van der Waals surface area contributed by atoms with Crippen LogP contribution in [0.3, 0.4) is 0 Å². The van der Waals surface area contributed by atoms with Gasteiger partial charge in [-0.1, -0.05) is 23.7 Å². The van der Waals surface area contributed by atoms with E-state index in [0.717, 1.165) is 67.8 Å². The number of piperazine rings is 1. The number of nitrogens with zero attached hydrogens (tertiary/aromatic N) is 4. The lowest BCUT2D eigenvalue weighted by Gasteiger charge is -2.35. The number of H-pyrrole nitrogens is 1. The highest BCUT2D eigenvalue weighted by Gasteiger charge is 2.17. The fourth-order valence-electron chi connectivity index (χ4n) is 3.40. The lowest BCUT2D eigenvalue weighted by molar-refractivity contribution is 0.144. The van der Waals surface area contributed by atoms with Gasteiger partial charge in [-0.3, -0.25) is 4.90 Å². The molecular formula is C21H24ClN5O. The predicted octanol–water partition coefficient (Wildman–Crippen LogP) is 3.56. The van der Waals surface area contributed by atoms with E-state index in [2.05, 4.69) is 36.9 Å². The van der Waals surface area contributed by atoms with Gasteiger partial charge in [0.1, 0.15) is 11.6 Å². The summed E-state index contributed by atoms with van der Waals surface area (Å²) in [6, 6.07) is 11.9. The maximum absolute atomic E-state index is 6.09. The van der Waals surface area contributed by atoms with Crippen molar-refractivity contribution >= 4 is 17.4 Å². The molecule has 1 N–H and O–H groups in total. The number of imidazole rings is 1. The van der Waals surface area contributed by atoms with Crippen LogP contribution >= 0.6 is 11.6 Å². The summed E-state index contributed by atoms with van der Waals surface area (Å²) in [4.78, 5) is 17.3. The van der Waals surface area contributed by atoms with Crippen LogP contribution in [0.4, 0.5) is 5.82 Å². The van der Waals surface area contributed by atoms with Crippen LogP contribution < -0.4 is 4.90 Å². The van der Waals surface area contributed by atoms with Gasteiger partial charge in [0.25, 0.3) is 0 Å². The third-order valence-electron chi connectivity index (χ3n) is 5.04. The van der Waals surface area contributed by atoms with Crippen molar-refractivity contribution in [1.82, 2.24) is 19.9 Å². The van der Waals surface area contributed by atoms with E-state index in [-0.39, 0.29) is 0 Å². The number of aromatic nitrogens is 3. The summed E-state index contributed by atoms with van der Waals surface area (Å²) in [5.41, 5.74) is 2.92. The number of halogens is 1. The van der Waals surface area contributed by atoms with Crippen molar-refractivity contribution in [2.45, 2.75) is 0 Å². The molecule has 0 saturated carbocycles. The summed E-state index contributed by atoms with van der Waals surface area (Å²) in [5, 5.41) is 0.710. The van der Waals surface area contributed by atoms with Crippen LogP contribution in [0, 0.1) is 0 Å². The monoisotopic (exact) mass is 397 g/mol. The normalized spacial score (nSPS) is 15.1. The molecule has 0 bridgehead atoms. The molecule has 4 rings (SSSR count). The largest absolute Gasteiger partial charge is 0.383 e. The minimum absolute atomic E-state index is 0.710. The molecule has 0 radical (unpaired) electrons. The Labute approximate surface area is 170 Å². The maximum atomic E-state index is 6.09. The van der Waals surface area contributed by atoms with E-state index < -0.39 is 0 Å². The van der Waals surface area contributed by atoms with Crippen LogP contribution in [0.1, 0.15) is 0 Å². The number of pyridine rings is 1. The van der Waals surface area contributed by atoms with E-state index in [9.17, 15) is 0 Å². The number of aromatic amines is 1. The quantitative estimate of drug-likeness (QED) is 0.689. The Morgan fingerprint density at radius 1 is 1.04 bits per heavy atom. The fourth-order valence-corrected chi connectivity index (χ4v) is 3.60. The number of hydrogen-bond acceptors (Lipinski definition) is 5. The van der Waals surface area contributed by atoms with Gasteiger partial charge >= 0.3 is 0 Å². The van der Waals surface area contributed by atoms with Crippen molar-refractivity contribution in [3.05, 3.63) is 53.8 Å². The molecule has 28 heavy (non-hydrogen) atoms. The van der Waals surface area contributed by atoms with Crippen LogP contribution in [0.2, 0.25) is 5.02 Å². The third kappa shape index (κ3) is 4.35. The van der Waals surface area contributed by atoms with Crippen molar-refractivity contribution in [1.29, 1.82) is 0 Å². The number of benzene rings is 1. The number of hydrogen-bond donors (Lipinski definition) is 1. The Morgan fingerprint density at radius 3 is 2.61 bits per heavy atom. The first-order valence-electron chi connectivity index (χ1n) is 9.46. The second kappa shape index (κ2) is 8.73. The summed E-state index contributed by atoms with van der Waals surface area (Å²) in [5.74, 6) is 1.81. The molecule has 146 valence electrons. The lowest BCUT2D eigenvalue weighted by atomic mass is 10.2. The second-order valence-corrected chi connectivity index (χ2v) is 7.32. The molecule has 0 aliphatic carbocycles. The predicted molar refractivity (Wildman–Crippen MR) is 113 cm³/mol. The van der Waals surface area contributed by atoms with Crippen molar-refractivity contribution < 1.29 is 4.74 Å². The van der Waals surface area contributed by atoms with Crippen LogP contribution in [0.25, 0.3) is 22.6 Å². The SMILES string of the molecule is COCCN1CCN(c2ccc(-c3ncc(-c4cccc(Cl)c4)[nH]3)cn2)CC1. The molecule has 0 unspecified atom stereocenters. The zero-order valence-electron chi connectivity index (χ0n) is 15.9. The van der Waals surface area contributed by atoms with E-state index in [4.69, 9.17) is 16.3 Å². The molecule has 3 heterocycles. The minimum atomic E-state index is 0.710. The molecule has 0 atom stereocenters. The summed E-state index contributed by atoms with van der Waals surface area (Å²) < 4.78 is 5.16. The summed E-state index contributed by atoms with van der Waals surface area (Å²) in [7, 11) is 1.75. The van der Waals surface area contributed by atoms with Crippen LogP contribution in [-0.4, -0.2) is 66.3 Å². The standard InChI is InChI=1S/C21H24ClN5O/c1-28-12-11-26-7-9-27(10-8-26)20-6-5-17(14-23-20)21-24-15-19(25-21)16-3-2-4-18(22)13-16/h2-6,13-15H,7-12H2,1H3,(H,24,25). The molecule has 0 amide bonds. The number of ether oxygens (including phenoxy) is 1. The topological polar surface area (TPSA) is 57.3 Å². The van der Waals surface area contributed by atoms with Crippen molar-refractivity contribution in [3.8, 4) is 22.6 Å². The minimum Gasteiger partial charge on any atom is -0.383 e. The van der Waals surface area contributed by atoms with Crippen LogP contribution in [-0.2, 0) is 4.74 Å². The molecule has 1 aliphatic heterocycles. The van der Waals surface area contributed by atoms with E-state index in [1.54, 1.807) is 7.11 Å². The highest BCUT2D eigenvalue weighted by Crippen LogP contribution is 2.25. The van der Waals surface area contributed by atoms with Gasteiger partial charge in [-0.2, -0.15) is 0 Å². The van der Waals surface area contributed by atoms with Crippen molar-refractivity contribution in [2.75, 3.05) is 51.3 Å². The average molecular weight is 398 g/mol. The third-order valence-corrected chi connectivity index (χ3v) is 5.28. The van der Waals surface area contributed by atoms with Crippen LogP contribution in [0.15, 0.2) is 48.8 Å². The highest BCUT2D eigenvalue weighted by atomic mass is 35.5. The number of methoxy groups -OCH3 is 1. The van der Waals surface area contributed by atoms with Gasteiger partial charge in [0.15, 0.2) is 0 Å². The van der Waals surface area contributed by atoms with Gasteiger partial charge in [-0.25, -0.2) is 9.97 Å². The molecule has 1 saturated heterocycles.